The topological polar surface area (TPSA) is 113 Å². The maximum atomic E-state index is 12.4. The van der Waals surface area contributed by atoms with Crippen LogP contribution in [0.1, 0.15) is 40.5 Å². The third-order valence-electron chi connectivity index (χ3n) is 4.43. The van der Waals surface area contributed by atoms with Crippen molar-refractivity contribution in [3.8, 4) is 0 Å². The smallest absolute Gasteiger partial charge is 0.251 e. The zero-order valence-corrected chi connectivity index (χ0v) is 15.3. The van der Waals surface area contributed by atoms with Crippen LogP contribution in [-0.4, -0.2) is 59.7 Å². The Morgan fingerprint density at radius 2 is 1.68 bits per heavy atom. The molecule has 25 heavy (non-hydrogen) atoms. The highest BCUT2D eigenvalue weighted by molar-refractivity contribution is 6.24. The first-order valence-electron chi connectivity index (χ1n) is 8.29. The lowest BCUT2D eigenvalue weighted by atomic mass is 9.82. The maximum absolute atomic E-state index is 12.4. The minimum atomic E-state index is -1.67. The molecule has 1 rings (SSSR count). The number of aliphatic hydroxyl groups is 2. The lowest BCUT2D eigenvalue weighted by Gasteiger charge is -2.24. The molecule has 0 bridgehead atoms. The number of nitrogens with one attached hydrogen (secondary N) is 1. The van der Waals surface area contributed by atoms with Crippen molar-refractivity contribution in [2.45, 2.75) is 46.1 Å². The number of ketones is 2. The third-order valence-corrected chi connectivity index (χ3v) is 4.43. The average molecular weight is 353 g/mol. The van der Waals surface area contributed by atoms with Gasteiger partial charge in [-0.3, -0.25) is 14.4 Å². The standard InChI is InChI=1S/C18H27NO6/c1-11-12(2)16(22)14(13(3)15(11)21)5-6-18(4,24)17(23)19-7-9-25-10-8-20/h20,24H,5-10H2,1-4H3,(H,19,23). The summed E-state index contributed by atoms with van der Waals surface area (Å²) in [4.78, 5) is 36.6. The molecule has 0 saturated heterocycles. The SMILES string of the molecule is CC1=C(C)C(=O)C(CCC(C)(O)C(=O)NCCOCCO)=C(C)C1=O. The molecule has 0 aromatic rings. The quantitative estimate of drug-likeness (QED) is 0.410. The van der Waals surface area contributed by atoms with E-state index in [1.165, 1.54) is 6.92 Å². The molecule has 3 N–H and O–H groups in total. The Morgan fingerprint density at radius 3 is 2.28 bits per heavy atom. The van der Waals surface area contributed by atoms with Crippen LogP contribution >= 0.6 is 0 Å². The second kappa shape index (κ2) is 9.03. The van der Waals surface area contributed by atoms with Gasteiger partial charge in [0.1, 0.15) is 5.60 Å². The number of aliphatic hydroxyl groups excluding tert-OH is 1. The van der Waals surface area contributed by atoms with Crippen LogP contribution in [0.3, 0.4) is 0 Å². The normalized spacial score (nSPS) is 17.8. The number of Topliss-reactive ketones (excluding diaryl/α,β-unsaturated/α-hetero) is 2. The first-order chi connectivity index (χ1) is 11.6. The number of hydrogen-bond acceptors (Lipinski definition) is 6. The number of amides is 1. The first kappa shape index (κ1) is 21.2. The van der Waals surface area contributed by atoms with E-state index in [9.17, 15) is 19.5 Å². The molecule has 1 unspecified atom stereocenters. The monoisotopic (exact) mass is 353 g/mol. The molecule has 0 spiro atoms. The molecule has 0 aliphatic heterocycles. The number of carbonyl (C=O) groups is 3. The van der Waals surface area contributed by atoms with Crippen molar-refractivity contribution in [2.75, 3.05) is 26.4 Å². The first-order valence-corrected chi connectivity index (χ1v) is 8.29. The summed E-state index contributed by atoms with van der Waals surface area (Å²) in [5.41, 5.74) is -0.0824. The number of ether oxygens (including phenoxy) is 1. The van der Waals surface area contributed by atoms with E-state index in [1.807, 2.05) is 0 Å². The fraction of sp³-hybridized carbons (Fsp3) is 0.611. The molecular formula is C18H27NO6. The molecule has 7 nitrogen and oxygen atoms in total. The van der Waals surface area contributed by atoms with Gasteiger partial charge in [0, 0.05) is 28.8 Å². The highest BCUT2D eigenvalue weighted by Crippen LogP contribution is 2.28. The second-order valence-corrected chi connectivity index (χ2v) is 6.38. The van der Waals surface area contributed by atoms with E-state index in [1.54, 1.807) is 20.8 Å². The van der Waals surface area contributed by atoms with Crippen LogP contribution in [0.15, 0.2) is 22.3 Å². The molecule has 0 saturated carbocycles. The summed E-state index contributed by atoms with van der Waals surface area (Å²) in [6.07, 6.45) is 0.164. The Morgan fingerprint density at radius 1 is 1.08 bits per heavy atom. The molecule has 0 aromatic carbocycles. The van der Waals surface area contributed by atoms with Crippen molar-refractivity contribution >= 4 is 17.5 Å². The number of hydrogen-bond donors (Lipinski definition) is 3. The van der Waals surface area contributed by atoms with E-state index in [-0.39, 0.29) is 50.8 Å². The van der Waals surface area contributed by atoms with E-state index >= 15 is 0 Å². The largest absolute Gasteiger partial charge is 0.394 e. The summed E-state index contributed by atoms with van der Waals surface area (Å²) in [5, 5.41) is 21.5. The van der Waals surface area contributed by atoms with Gasteiger partial charge in [-0.2, -0.15) is 0 Å². The number of rotatable bonds is 9. The van der Waals surface area contributed by atoms with Gasteiger partial charge in [0.05, 0.1) is 19.8 Å². The number of carbonyl (C=O) groups excluding carboxylic acids is 3. The molecule has 0 heterocycles. The summed E-state index contributed by atoms with van der Waals surface area (Å²) < 4.78 is 5.02. The van der Waals surface area contributed by atoms with E-state index in [2.05, 4.69) is 5.32 Å². The van der Waals surface area contributed by atoms with E-state index in [0.29, 0.717) is 22.3 Å². The van der Waals surface area contributed by atoms with Crippen LogP contribution in [0.25, 0.3) is 0 Å². The second-order valence-electron chi connectivity index (χ2n) is 6.38. The van der Waals surface area contributed by atoms with Crippen LogP contribution in [0, 0.1) is 0 Å². The zero-order chi connectivity index (χ0) is 19.2. The molecule has 0 aromatic heterocycles. The lowest BCUT2D eigenvalue weighted by molar-refractivity contribution is -0.139. The Hall–Kier alpha value is -1.83. The van der Waals surface area contributed by atoms with Crippen molar-refractivity contribution in [1.29, 1.82) is 0 Å². The molecule has 0 radical (unpaired) electrons. The van der Waals surface area contributed by atoms with Crippen LogP contribution in [-0.2, 0) is 19.1 Å². The molecular weight excluding hydrogens is 326 g/mol. The van der Waals surface area contributed by atoms with Gasteiger partial charge < -0.3 is 20.3 Å². The van der Waals surface area contributed by atoms with Gasteiger partial charge in [-0.15, -0.1) is 0 Å². The molecule has 1 atom stereocenters. The Bertz CT molecular complexity index is 615. The summed E-state index contributed by atoms with van der Waals surface area (Å²) >= 11 is 0. The summed E-state index contributed by atoms with van der Waals surface area (Å²) in [6.45, 7) is 6.71. The fourth-order valence-corrected chi connectivity index (χ4v) is 2.53. The van der Waals surface area contributed by atoms with Crippen LogP contribution in [0.5, 0.6) is 0 Å². The van der Waals surface area contributed by atoms with Gasteiger partial charge in [0.25, 0.3) is 5.91 Å². The van der Waals surface area contributed by atoms with Gasteiger partial charge in [0.2, 0.25) is 0 Å². The predicted octanol–water partition coefficient (Wildman–Crippen LogP) is 0.447. The Balaban J connectivity index is 2.64. The van der Waals surface area contributed by atoms with Crippen LogP contribution in [0.4, 0.5) is 0 Å². The van der Waals surface area contributed by atoms with Gasteiger partial charge in [-0.1, -0.05) is 0 Å². The predicted molar refractivity (Wildman–Crippen MR) is 91.9 cm³/mol. The van der Waals surface area contributed by atoms with Crippen molar-refractivity contribution in [2.24, 2.45) is 0 Å². The highest BCUT2D eigenvalue weighted by Gasteiger charge is 2.33. The van der Waals surface area contributed by atoms with Crippen LogP contribution in [0.2, 0.25) is 0 Å². The van der Waals surface area contributed by atoms with Crippen molar-refractivity contribution in [3.05, 3.63) is 22.3 Å². The summed E-state index contributed by atoms with van der Waals surface area (Å²) in [5.74, 6) is -0.947. The summed E-state index contributed by atoms with van der Waals surface area (Å²) in [6, 6.07) is 0. The van der Waals surface area contributed by atoms with Crippen molar-refractivity contribution in [3.63, 3.8) is 0 Å². The molecule has 140 valence electrons. The lowest BCUT2D eigenvalue weighted by Crippen LogP contribution is -2.45. The maximum Gasteiger partial charge on any atom is 0.251 e. The van der Waals surface area contributed by atoms with E-state index in [4.69, 9.17) is 9.84 Å². The fourth-order valence-electron chi connectivity index (χ4n) is 2.53. The summed E-state index contributed by atoms with van der Waals surface area (Å²) in [7, 11) is 0. The Labute approximate surface area is 147 Å². The third kappa shape index (κ3) is 5.32. The van der Waals surface area contributed by atoms with Gasteiger partial charge in [-0.25, -0.2) is 0 Å². The minimum absolute atomic E-state index is 0.0222. The van der Waals surface area contributed by atoms with E-state index < -0.39 is 11.5 Å². The molecule has 0 fully saturated rings. The minimum Gasteiger partial charge on any atom is -0.394 e. The van der Waals surface area contributed by atoms with Gasteiger partial charge >= 0.3 is 0 Å². The van der Waals surface area contributed by atoms with Crippen molar-refractivity contribution < 1.29 is 29.3 Å². The molecule has 1 aliphatic rings. The Kier molecular flexibility index (Phi) is 7.66. The molecule has 1 amide bonds. The van der Waals surface area contributed by atoms with E-state index in [0.717, 1.165) is 0 Å². The zero-order valence-electron chi connectivity index (χ0n) is 15.3. The van der Waals surface area contributed by atoms with Crippen molar-refractivity contribution in [1.82, 2.24) is 5.32 Å². The van der Waals surface area contributed by atoms with Gasteiger partial charge in [0.15, 0.2) is 11.6 Å². The highest BCUT2D eigenvalue weighted by atomic mass is 16.5. The number of allylic oxidation sites excluding steroid dienone is 4. The van der Waals surface area contributed by atoms with Gasteiger partial charge in [-0.05, 0) is 40.5 Å². The van der Waals surface area contributed by atoms with Crippen LogP contribution < -0.4 is 5.32 Å². The molecule has 1 aliphatic carbocycles. The average Bonchev–Trinajstić information content (AvgIpc) is 2.57. The molecule has 7 heteroatoms.